The van der Waals surface area contributed by atoms with Gasteiger partial charge in [0.25, 0.3) is 5.91 Å². The lowest BCUT2D eigenvalue weighted by Crippen LogP contribution is -2.25. The number of nitrogens with one attached hydrogen (secondary N) is 1. The van der Waals surface area contributed by atoms with Gasteiger partial charge in [-0.05, 0) is 35.6 Å². The number of carbonyl (C=O) groups excluding carboxylic acids is 1. The molecule has 0 heterocycles. The van der Waals surface area contributed by atoms with Crippen LogP contribution < -0.4 is 5.32 Å². The van der Waals surface area contributed by atoms with Gasteiger partial charge in [0.15, 0.2) is 0 Å². The standard InChI is InChI=1S/C22H21NO/c24-22(23-17-9-12-18-10-3-1-4-11-18)21-16-8-7-15-20(21)19-13-5-2-6-14-19/h1-8,10-11,13-16H,9,12,17H2,(H,23,24). The molecule has 0 saturated carbocycles. The molecule has 0 fully saturated rings. The van der Waals surface area contributed by atoms with Gasteiger partial charge >= 0.3 is 0 Å². The van der Waals surface area contributed by atoms with Gasteiger partial charge in [-0.25, -0.2) is 0 Å². The lowest BCUT2D eigenvalue weighted by atomic mass is 9.99. The molecule has 2 heteroatoms. The quantitative estimate of drug-likeness (QED) is 0.655. The van der Waals surface area contributed by atoms with Gasteiger partial charge in [-0.2, -0.15) is 0 Å². The Labute approximate surface area is 143 Å². The summed E-state index contributed by atoms with van der Waals surface area (Å²) in [4.78, 5) is 12.5. The van der Waals surface area contributed by atoms with Crippen LogP contribution in [0.15, 0.2) is 84.9 Å². The zero-order valence-corrected chi connectivity index (χ0v) is 13.6. The zero-order chi connectivity index (χ0) is 16.6. The lowest BCUT2D eigenvalue weighted by molar-refractivity contribution is 0.0954. The third-order valence-corrected chi connectivity index (χ3v) is 4.03. The van der Waals surface area contributed by atoms with Crippen LogP contribution in [0.3, 0.4) is 0 Å². The summed E-state index contributed by atoms with van der Waals surface area (Å²) in [7, 11) is 0. The summed E-state index contributed by atoms with van der Waals surface area (Å²) in [5, 5.41) is 3.04. The summed E-state index contributed by atoms with van der Waals surface area (Å²) < 4.78 is 0. The van der Waals surface area contributed by atoms with E-state index in [1.54, 1.807) is 0 Å². The van der Waals surface area contributed by atoms with E-state index in [-0.39, 0.29) is 5.91 Å². The zero-order valence-electron chi connectivity index (χ0n) is 13.6. The molecular formula is C22H21NO. The molecule has 0 radical (unpaired) electrons. The Morgan fingerprint density at radius 3 is 2.12 bits per heavy atom. The molecule has 0 unspecified atom stereocenters. The summed E-state index contributed by atoms with van der Waals surface area (Å²) in [6.07, 6.45) is 1.91. The van der Waals surface area contributed by atoms with Crippen molar-refractivity contribution in [2.45, 2.75) is 12.8 Å². The maximum absolute atomic E-state index is 12.5. The molecule has 0 aliphatic rings. The fourth-order valence-electron chi connectivity index (χ4n) is 2.78. The number of hydrogen-bond acceptors (Lipinski definition) is 1. The van der Waals surface area contributed by atoms with Crippen molar-refractivity contribution < 1.29 is 4.79 Å². The Morgan fingerprint density at radius 1 is 0.750 bits per heavy atom. The smallest absolute Gasteiger partial charge is 0.251 e. The summed E-state index contributed by atoms with van der Waals surface area (Å²) >= 11 is 0. The molecule has 120 valence electrons. The van der Waals surface area contributed by atoms with E-state index >= 15 is 0 Å². The predicted molar refractivity (Wildman–Crippen MR) is 99.0 cm³/mol. The van der Waals surface area contributed by atoms with Crippen molar-refractivity contribution in [3.63, 3.8) is 0 Å². The van der Waals surface area contributed by atoms with E-state index in [4.69, 9.17) is 0 Å². The Kier molecular flexibility index (Phi) is 5.41. The van der Waals surface area contributed by atoms with Gasteiger partial charge in [-0.3, -0.25) is 4.79 Å². The maximum Gasteiger partial charge on any atom is 0.251 e. The number of hydrogen-bond donors (Lipinski definition) is 1. The van der Waals surface area contributed by atoms with Crippen LogP contribution in [0.1, 0.15) is 22.3 Å². The van der Waals surface area contributed by atoms with E-state index in [2.05, 4.69) is 17.4 Å². The lowest BCUT2D eigenvalue weighted by Gasteiger charge is -2.10. The minimum Gasteiger partial charge on any atom is -0.352 e. The molecule has 0 bridgehead atoms. The Balaban J connectivity index is 1.61. The molecule has 0 spiro atoms. The van der Waals surface area contributed by atoms with Crippen molar-refractivity contribution >= 4 is 5.91 Å². The highest BCUT2D eigenvalue weighted by atomic mass is 16.1. The van der Waals surface area contributed by atoms with E-state index in [0.29, 0.717) is 6.54 Å². The molecule has 3 aromatic carbocycles. The highest BCUT2D eigenvalue weighted by Gasteiger charge is 2.11. The van der Waals surface area contributed by atoms with Crippen LogP contribution >= 0.6 is 0 Å². The van der Waals surface area contributed by atoms with Gasteiger partial charge in [0.05, 0.1) is 0 Å². The van der Waals surface area contributed by atoms with Crippen LogP contribution in [-0.4, -0.2) is 12.5 Å². The third kappa shape index (κ3) is 4.11. The van der Waals surface area contributed by atoms with Crippen LogP contribution in [0.2, 0.25) is 0 Å². The second-order valence-corrected chi connectivity index (χ2v) is 5.76. The molecule has 0 atom stereocenters. The number of aryl methyl sites for hydroxylation is 1. The Morgan fingerprint density at radius 2 is 1.38 bits per heavy atom. The average molecular weight is 315 g/mol. The normalized spacial score (nSPS) is 10.3. The van der Waals surface area contributed by atoms with Crippen molar-refractivity contribution in [2.24, 2.45) is 0 Å². The summed E-state index contributed by atoms with van der Waals surface area (Å²) in [6, 6.07) is 28.1. The van der Waals surface area contributed by atoms with Crippen LogP contribution in [0.25, 0.3) is 11.1 Å². The second-order valence-electron chi connectivity index (χ2n) is 5.76. The molecule has 24 heavy (non-hydrogen) atoms. The maximum atomic E-state index is 12.5. The van der Waals surface area contributed by atoms with E-state index in [1.165, 1.54) is 5.56 Å². The van der Waals surface area contributed by atoms with Crippen molar-refractivity contribution in [1.29, 1.82) is 0 Å². The van der Waals surface area contributed by atoms with Crippen LogP contribution in [-0.2, 0) is 6.42 Å². The molecule has 1 N–H and O–H groups in total. The van der Waals surface area contributed by atoms with Crippen LogP contribution in [0.4, 0.5) is 0 Å². The van der Waals surface area contributed by atoms with E-state index in [9.17, 15) is 4.79 Å². The molecule has 2 nitrogen and oxygen atoms in total. The topological polar surface area (TPSA) is 29.1 Å². The molecular weight excluding hydrogens is 294 g/mol. The van der Waals surface area contributed by atoms with Crippen LogP contribution in [0, 0.1) is 0 Å². The largest absolute Gasteiger partial charge is 0.352 e. The number of carbonyl (C=O) groups is 1. The van der Waals surface area contributed by atoms with Gasteiger partial charge in [0, 0.05) is 12.1 Å². The molecule has 0 aliphatic carbocycles. The van der Waals surface area contributed by atoms with E-state index < -0.39 is 0 Å². The molecule has 0 aromatic heterocycles. The first-order valence-electron chi connectivity index (χ1n) is 8.31. The Hall–Kier alpha value is -2.87. The van der Waals surface area contributed by atoms with E-state index in [1.807, 2.05) is 72.8 Å². The summed E-state index contributed by atoms with van der Waals surface area (Å²) in [5.74, 6) is -0.0116. The number of amides is 1. The average Bonchev–Trinajstić information content (AvgIpc) is 2.66. The monoisotopic (exact) mass is 315 g/mol. The SMILES string of the molecule is O=C(NCCCc1ccccc1)c1ccccc1-c1ccccc1. The van der Waals surface area contributed by atoms with Crippen molar-refractivity contribution in [1.82, 2.24) is 5.32 Å². The van der Waals surface area contributed by atoms with Crippen LogP contribution in [0.5, 0.6) is 0 Å². The van der Waals surface area contributed by atoms with Crippen molar-refractivity contribution in [2.75, 3.05) is 6.54 Å². The van der Waals surface area contributed by atoms with Gasteiger partial charge < -0.3 is 5.32 Å². The van der Waals surface area contributed by atoms with Gasteiger partial charge in [-0.1, -0.05) is 78.9 Å². The first-order valence-corrected chi connectivity index (χ1v) is 8.31. The predicted octanol–water partition coefficient (Wildman–Crippen LogP) is 4.72. The number of benzene rings is 3. The van der Waals surface area contributed by atoms with Gasteiger partial charge in [0.2, 0.25) is 0 Å². The highest BCUT2D eigenvalue weighted by molar-refractivity contribution is 6.00. The van der Waals surface area contributed by atoms with Crippen molar-refractivity contribution in [3.8, 4) is 11.1 Å². The summed E-state index contributed by atoms with van der Waals surface area (Å²) in [5.41, 5.74) is 4.06. The molecule has 1 amide bonds. The fraction of sp³-hybridized carbons (Fsp3) is 0.136. The minimum atomic E-state index is -0.0116. The Bertz CT molecular complexity index is 781. The first kappa shape index (κ1) is 16.0. The highest BCUT2D eigenvalue weighted by Crippen LogP contribution is 2.23. The van der Waals surface area contributed by atoms with Gasteiger partial charge in [0.1, 0.15) is 0 Å². The summed E-state index contributed by atoms with van der Waals surface area (Å²) in [6.45, 7) is 0.677. The molecule has 0 aliphatic heterocycles. The molecule has 3 aromatic rings. The molecule has 3 rings (SSSR count). The van der Waals surface area contributed by atoms with Gasteiger partial charge in [-0.15, -0.1) is 0 Å². The molecule has 0 saturated heterocycles. The van der Waals surface area contributed by atoms with Crippen molar-refractivity contribution in [3.05, 3.63) is 96.1 Å². The first-order chi connectivity index (χ1) is 11.8. The fourth-order valence-corrected chi connectivity index (χ4v) is 2.78. The minimum absolute atomic E-state index is 0.0116. The number of rotatable bonds is 6. The van der Waals surface area contributed by atoms with E-state index in [0.717, 1.165) is 29.5 Å². The second kappa shape index (κ2) is 8.11. The third-order valence-electron chi connectivity index (χ3n) is 4.03.